The molecule has 1 unspecified atom stereocenters. The number of nitrogen functional groups attached to an aromatic ring is 1. The number of nitrogens with two attached hydrogens (primary N) is 1. The Morgan fingerprint density at radius 3 is 2.57 bits per heavy atom. The van der Waals surface area contributed by atoms with E-state index in [0.29, 0.717) is 23.0 Å². The Kier molecular flexibility index (Phi) is 4.85. The number of carbonyl (C=O) groups is 1. The average molecular weight is 306 g/mol. The van der Waals surface area contributed by atoms with Gasteiger partial charge in [0.25, 0.3) is 0 Å². The van der Waals surface area contributed by atoms with E-state index >= 15 is 0 Å². The first-order valence-electron chi connectivity index (χ1n) is 6.61. The Hall–Kier alpha value is -2.02. The second kappa shape index (κ2) is 6.62. The van der Waals surface area contributed by atoms with Crippen LogP contribution in [0, 0.1) is 0 Å². The third kappa shape index (κ3) is 3.36. The summed E-state index contributed by atoms with van der Waals surface area (Å²) in [5.41, 5.74) is 0.634. The van der Waals surface area contributed by atoms with Crippen LogP contribution in [0.15, 0.2) is 29.4 Å². The predicted molar refractivity (Wildman–Crippen MR) is 82.2 cm³/mol. The maximum absolute atomic E-state index is 12.4. The van der Waals surface area contributed by atoms with Gasteiger partial charge in [-0.1, -0.05) is 18.7 Å². The molecule has 112 valence electrons. The van der Waals surface area contributed by atoms with Crippen LogP contribution in [0.25, 0.3) is 0 Å². The van der Waals surface area contributed by atoms with E-state index in [1.807, 2.05) is 13.8 Å². The monoisotopic (exact) mass is 306 g/mol. The summed E-state index contributed by atoms with van der Waals surface area (Å²) in [6, 6.07) is 7.04. The van der Waals surface area contributed by atoms with Gasteiger partial charge in [0.1, 0.15) is 5.75 Å². The van der Waals surface area contributed by atoms with Crippen molar-refractivity contribution in [1.82, 2.24) is 14.9 Å². The van der Waals surface area contributed by atoms with Gasteiger partial charge in [0.2, 0.25) is 5.16 Å². The van der Waals surface area contributed by atoms with Gasteiger partial charge in [-0.15, -0.1) is 10.2 Å². The fraction of sp³-hybridized carbons (Fsp3) is 0.357. The zero-order chi connectivity index (χ0) is 15.4. The topological polar surface area (TPSA) is 83.0 Å². The summed E-state index contributed by atoms with van der Waals surface area (Å²) in [5.74, 6) is 7.32. The maximum atomic E-state index is 12.4. The molecule has 21 heavy (non-hydrogen) atoms. The molecule has 2 N–H and O–H groups in total. The lowest BCUT2D eigenvalue weighted by Gasteiger charge is -2.10. The van der Waals surface area contributed by atoms with Crippen molar-refractivity contribution in [2.45, 2.75) is 30.7 Å². The summed E-state index contributed by atoms with van der Waals surface area (Å²) in [4.78, 5) is 12.4. The third-order valence-electron chi connectivity index (χ3n) is 3.08. The van der Waals surface area contributed by atoms with Crippen LogP contribution in [0.3, 0.4) is 0 Å². The van der Waals surface area contributed by atoms with Crippen LogP contribution in [0.5, 0.6) is 5.75 Å². The second-order valence-electron chi connectivity index (χ2n) is 4.48. The lowest BCUT2D eigenvalue weighted by molar-refractivity contribution is 0.0994. The number of ether oxygens (including phenoxy) is 1. The molecule has 1 atom stereocenters. The molecule has 2 aromatic rings. The zero-order valence-corrected chi connectivity index (χ0v) is 13.1. The number of aryl methyl sites for hydroxylation is 1. The van der Waals surface area contributed by atoms with Gasteiger partial charge in [-0.25, -0.2) is 4.68 Å². The standard InChI is InChI=1S/C14H18N4O2S/c1-4-12-16-17-14(18(12)15)21-9(2)13(19)10-5-7-11(20-3)8-6-10/h5-9H,4,15H2,1-3H3. The van der Waals surface area contributed by atoms with E-state index in [1.165, 1.54) is 16.4 Å². The minimum Gasteiger partial charge on any atom is -0.497 e. The van der Waals surface area contributed by atoms with E-state index in [2.05, 4.69) is 10.2 Å². The number of carbonyl (C=O) groups excluding carboxylic acids is 1. The van der Waals surface area contributed by atoms with Gasteiger partial charge in [0.15, 0.2) is 11.6 Å². The number of ketones is 1. The number of Topliss-reactive ketones (excluding diaryl/α,β-unsaturated/α-hetero) is 1. The molecule has 0 amide bonds. The first-order chi connectivity index (χ1) is 10.1. The van der Waals surface area contributed by atoms with E-state index in [4.69, 9.17) is 10.6 Å². The van der Waals surface area contributed by atoms with Gasteiger partial charge in [0, 0.05) is 12.0 Å². The SMILES string of the molecule is CCc1nnc(SC(C)C(=O)c2ccc(OC)cc2)n1N. The van der Waals surface area contributed by atoms with Crippen molar-refractivity contribution < 1.29 is 9.53 Å². The molecule has 0 aliphatic carbocycles. The summed E-state index contributed by atoms with van der Waals surface area (Å²) in [5, 5.41) is 8.24. The molecule has 0 aliphatic heterocycles. The highest BCUT2D eigenvalue weighted by Crippen LogP contribution is 2.24. The van der Waals surface area contributed by atoms with Crippen LogP contribution < -0.4 is 10.6 Å². The Morgan fingerprint density at radius 1 is 1.38 bits per heavy atom. The maximum Gasteiger partial charge on any atom is 0.210 e. The second-order valence-corrected chi connectivity index (χ2v) is 5.78. The molecule has 1 aromatic heterocycles. The molecule has 0 spiro atoms. The summed E-state index contributed by atoms with van der Waals surface area (Å²) in [7, 11) is 1.59. The number of benzene rings is 1. The zero-order valence-electron chi connectivity index (χ0n) is 12.2. The van der Waals surface area contributed by atoms with Crippen molar-refractivity contribution in [3.05, 3.63) is 35.7 Å². The number of methoxy groups -OCH3 is 1. The molecule has 1 aromatic carbocycles. The summed E-state index contributed by atoms with van der Waals surface area (Å²) >= 11 is 1.30. The largest absolute Gasteiger partial charge is 0.497 e. The first-order valence-corrected chi connectivity index (χ1v) is 7.49. The number of aromatic nitrogens is 3. The van der Waals surface area contributed by atoms with Crippen molar-refractivity contribution in [3.8, 4) is 5.75 Å². The number of thioether (sulfide) groups is 1. The fourth-order valence-electron chi connectivity index (χ4n) is 1.83. The smallest absolute Gasteiger partial charge is 0.210 e. The van der Waals surface area contributed by atoms with E-state index in [-0.39, 0.29) is 11.0 Å². The van der Waals surface area contributed by atoms with Crippen molar-refractivity contribution >= 4 is 17.5 Å². The van der Waals surface area contributed by atoms with Crippen LogP contribution in [-0.4, -0.2) is 33.0 Å². The molecule has 7 heteroatoms. The average Bonchev–Trinajstić information content (AvgIpc) is 2.87. The molecule has 0 bridgehead atoms. The van der Waals surface area contributed by atoms with Gasteiger partial charge in [0.05, 0.1) is 12.4 Å². The van der Waals surface area contributed by atoms with Gasteiger partial charge in [-0.2, -0.15) is 0 Å². The normalized spacial score (nSPS) is 12.1. The van der Waals surface area contributed by atoms with Crippen molar-refractivity contribution in [2.75, 3.05) is 13.0 Å². The Labute approximate surface area is 127 Å². The van der Waals surface area contributed by atoms with E-state index in [0.717, 1.165) is 5.75 Å². The fourth-order valence-corrected chi connectivity index (χ4v) is 2.70. The number of rotatable bonds is 6. The van der Waals surface area contributed by atoms with E-state index in [9.17, 15) is 4.79 Å². The Bertz CT molecular complexity index is 624. The molecule has 0 saturated heterocycles. The third-order valence-corrected chi connectivity index (χ3v) is 4.13. The molecule has 0 radical (unpaired) electrons. The Morgan fingerprint density at radius 2 is 2.05 bits per heavy atom. The molecular weight excluding hydrogens is 288 g/mol. The molecular formula is C14H18N4O2S. The van der Waals surface area contributed by atoms with Gasteiger partial charge < -0.3 is 10.6 Å². The quantitative estimate of drug-likeness (QED) is 0.499. The van der Waals surface area contributed by atoms with Crippen molar-refractivity contribution in [3.63, 3.8) is 0 Å². The predicted octanol–water partition coefficient (Wildman–Crippen LogP) is 1.93. The van der Waals surface area contributed by atoms with E-state index in [1.54, 1.807) is 31.4 Å². The van der Waals surface area contributed by atoms with Crippen LogP contribution in [0.2, 0.25) is 0 Å². The highest BCUT2D eigenvalue weighted by atomic mass is 32.2. The molecule has 0 saturated carbocycles. The number of hydrogen-bond donors (Lipinski definition) is 1. The minimum absolute atomic E-state index is 0.0173. The van der Waals surface area contributed by atoms with Crippen molar-refractivity contribution in [1.29, 1.82) is 0 Å². The highest BCUT2D eigenvalue weighted by Gasteiger charge is 2.20. The lowest BCUT2D eigenvalue weighted by Crippen LogP contribution is -2.18. The molecule has 0 aliphatic rings. The van der Waals surface area contributed by atoms with Crippen LogP contribution in [0.1, 0.15) is 30.0 Å². The van der Waals surface area contributed by atoms with Gasteiger partial charge in [-0.05, 0) is 31.2 Å². The molecule has 2 rings (SSSR count). The molecule has 1 heterocycles. The summed E-state index contributed by atoms with van der Waals surface area (Å²) in [6.45, 7) is 3.78. The van der Waals surface area contributed by atoms with Gasteiger partial charge in [-0.3, -0.25) is 4.79 Å². The lowest BCUT2D eigenvalue weighted by atomic mass is 10.1. The van der Waals surface area contributed by atoms with E-state index < -0.39 is 0 Å². The summed E-state index contributed by atoms with van der Waals surface area (Å²) in [6.07, 6.45) is 0.699. The number of nitrogens with zero attached hydrogens (tertiary/aromatic N) is 3. The number of hydrogen-bond acceptors (Lipinski definition) is 6. The van der Waals surface area contributed by atoms with Crippen LogP contribution in [0.4, 0.5) is 0 Å². The molecule has 6 nitrogen and oxygen atoms in total. The molecule has 0 fully saturated rings. The minimum atomic E-state index is -0.297. The van der Waals surface area contributed by atoms with Crippen LogP contribution in [-0.2, 0) is 6.42 Å². The van der Waals surface area contributed by atoms with Gasteiger partial charge >= 0.3 is 0 Å². The Balaban J connectivity index is 2.09. The highest BCUT2D eigenvalue weighted by molar-refractivity contribution is 8.00. The van der Waals surface area contributed by atoms with Crippen LogP contribution >= 0.6 is 11.8 Å². The first kappa shape index (κ1) is 15.4. The van der Waals surface area contributed by atoms with Crippen molar-refractivity contribution in [2.24, 2.45) is 0 Å². The summed E-state index contributed by atoms with van der Waals surface area (Å²) < 4.78 is 6.51.